The zero-order valence-electron chi connectivity index (χ0n) is 29.4. The van der Waals surface area contributed by atoms with Gasteiger partial charge in [-0.15, -0.1) is 0 Å². The van der Waals surface area contributed by atoms with E-state index in [9.17, 15) is 9.59 Å². The van der Waals surface area contributed by atoms with Crippen molar-refractivity contribution in [2.24, 2.45) is 64.1 Å². The van der Waals surface area contributed by atoms with Gasteiger partial charge in [0.1, 0.15) is 0 Å². The first-order chi connectivity index (χ1) is 20.7. The van der Waals surface area contributed by atoms with E-state index in [-0.39, 0.29) is 28.6 Å². The fraction of sp³-hybridized carbons (Fsp3) is 0.795. The van der Waals surface area contributed by atoms with Crippen LogP contribution in [-0.2, 0) is 14.0 Å². The molecule has 0 radical (unpaired) electrons. The molecule has 1 aromatic carbocycles. The van der Waals surface area contributed by atoms with Crippen LogP contribution in [0.1, 0.15) is 109 Å². The quantitative estimate of drug-likeness (QED) is 0.148. The van der Waals surface area contributed by atoms with Gasteiger partial charge in [-0.1, -0.05) is 71.4 Å². The first-order valence-corrected chi connectivity index (χ1v) is 21.5. The molecule has 1 aromatic rings. The molecular weight excluding hydrogens is 561 g/mol. The third kappa shape index (κ3) is 6.15. The van der Waals surface area contributed by atoms with Crippen LogP contribution in [0.15, 0.2) is 30.3 Å². The molecule has 11 atom stereocenters. The first-order valence-electron chi connectivity index (χ1n) is 18.1. The summed E-state index contributed by atoms with van der Waals surface area (Å²) in [7, 11) is -0.233. The third-order valence-corrected chi connectivity index (χ3v) is 14.6. The van der Waals surface area contributed by atoms with Gasteiger partial charge >= 0.3 is 5.97 Å². The first kappa shape index (κ1) is 33.9. The molecule has 0 saturated heterocycles. The molecule has 246 valence electrons. The SMILES string of the molecule is COC(=O)C(CC[C@@H](C)[C@H]1CC[C@H]2[C@@H]3C(O[Si](C)(C)C)C[C@@H]4CCCC(C(=O)c5ccccc5)[C@]4(C)[C@H]3CC[C@]12C)C(C)C. The van der Waals surface area contributed by atoms with Gasteiger partial charge in [0.2, 0.25) is 0 Å². The lowest BCUT2D eigenvalue weighted by Gasteiger charge is -2.65. The van der Waals surface area contributed by atoms with Crippen LogP contribution in [0.3, 0.4) is 0 Å². The summed E-state index contributed by atoms with van der Waals surface area (Å²) in [6, 6.07) is 10.2. The summed E-state index contributed by atoms with van der Waals surface area (Å²) in [5.41, 5.74) is 1.22. The molecule has 4 saturated carbocycles. The lowest BCUT2D eigenvalue weighted by atomic mass is 9.41. The van der Waals surface area contributed by atoms with E-state index in [0.717, 1.165) is 37.7 Å². The Bertz CT molecular complexity index is 1160. The second-order valence-electron chi connectivity index (χ2n) is 17.2. The van der Waals surface area contributed by atoms with Gasteiger partial charge in [-0.05, 0) is 130 Å². The molecule has 4 fully saturated rings. The number of methoxy groups -OCH3 is 1. The standard InChI is InChI=1S/C39H62O4Si/c1-25(2)29(37(41)42-6)19-18-26(3)30-20-21-31-35-32(22-23-38(30,31)4)39(5)28(24-34(35)43-44(7,8)9)16-13-17-33(39)36(40)27-14-11-10-12-15-27/h10-12,14-15,25-26,28-35H,13,16-24H2,1-9H3/t26-,28+,29?,30-,31+,32+,33?,34?,35+,38-,39+/m1/s1. The van der Waals surface area contributed by atoms with E-state index in [2.05, 4.69) is 54.3 Å². The van der Waals surface area contributed by atoms with Gasteiger partial charge in [0.25, 0.3) is 0 Å². The number of rotatable bonds is 10. The number of benzene rings is 1. The number of hydrogen-bond acceptors (Lipinski definition) is 4. The van der Waals surface area contributed by atoms with Crippen LogP contribution in [0.5, 0.6) is 0 Å². The number of ether oxygens (including phenoxy) is 1. The van der Waals surface area contributed by atoms with Crippen molar-refractivity contribution in [2.45, 2.75) is 125 Å². The second-order valence-corrected chi connectivity index (χ2v) is 21.7. The predicted molar refractivity (Wildman–Crippen MR) is 182 cm³/mol. The molecule has 0 amide bonds. The largest absolute Gasteiger partial charge is 0.469 e. The molecule has 3 unspecified atom stereocenters. The minimum absolute atomic E-state index is 0.0154. The van der Waals surface area contributed by atoms with Crippen molar-refractivity contribution in [1.29, 1.82) is 0 Å². The number of Topliss-reactive ketones (excluding diaryl/α,β-unsaturated/α-hetero) is 1. The average molecular weight is 623 g/mol. The number of carbonyl (C=O) groups is 2. The molecule has 4 aliphatic carbocycles. The van der Waals surface area contributed by atoms with Crippen molar-refractivity contribution in [2.75, 3.05) is 7.11 Å². The van der Waals surface area contributed by atoms with E-state index >= 15 is 0 Å². The van der Waals surface area contributed by atoms with Crippen LogP contribution in [0.25, 0.3) is 0 Å². The molecule has 4 aliphatic rings. The average Bonchev–Trinajstić information content (AvgIpc) is 3.33. The molecule has 0 N–H and O–H groups in total. The van der Waals surface area contributed by atoms with Gasteiger partial charge in [-0.25, -0.2) is 0 Å². The summed E-state index contributed by atoms with van der Waals surface area (Å²) in [6.07, 6.45) is 11.9. The Kier molecular flexibility index (Phi) is 9.99. The van der Waals surface area contributed by atoms with E-state index in [1.54, 1.807) is 0 Å². The van der Waals surface area contributed by atoms with Crippen molar-refractivity contribution in [3.05, 3.63) is 35.9 Å². The van der Waals surface area contributed by atoms with Gasteiger partial charge in [-0.3, -0.25) is 9.59 Å². The minimum Gasteiger partial charge on any atom is -0.469 e. The van der Waals surface area contributed by atoms with Crippen LogP contribution in [0.4, 0.5) is 0 Å². The highest BCUT2D eigenvalue weighted by Gasteiger charge is 2.65. The summed E-state index contributed by atoms with van der Waals surface area (Å²) in [4.78, 5) is 26.8. The topological polar surface area (TPSA) is 52.6 Å². The molecule has 0 spiro atoms. The van der Waals surface area contributed by atoms with Crippen LogP contribution in [-0.4, -0.2) is 33.3 Å². The Morgan fingerprint density at radius 1 is 0.932 bits per heavy atom. The van der Waals surface area contributed by atoms with Gasteiger partial charge < -0.3 is 9.16 Å². The predicted octanol–water partition coefficient (Wildman–Crippen LogP) is 9.84. The molecule has 5 heteroatoms. The summed E-state index contributed by atoms with van der Waals surface area (Å²) >= 11 is 0. The molecule has 0 aromatic heterocycles. The van der Waals surface area contributed by atoms with Crippen LogP contribution < -0.4 is 0 Å². The molecular formula is C39H62O4Si. The maximum absolute atomic E-state index is 14.3. The van der Waals surface area contributed by atoms with Crippen LogP contribution >= 0.6 is 0 Å². The Morgan fingerprint density at radius 2 is 1.64 bits per heavy atom. The van der Waals surface area contributed by atoms with E-state index in [1.807, 2.05) is 30.3 Å². The summed E-state index contributed by atoms with van der Waals surface area (Å²) in [5, 5.41) is 0. The highest BCUT2D eigenvalue weighted by atomic mass is 28.4. The summed E-state index contributed by atoms with van der Waals surface area (Å²) in [5.74, 6) is 4.25. The summed E-state index contributed by atoms with van der Waals surface area (Å²) in [6.45, 7) is 19.0. The van der Waals surface area contributed by atoms with Crippen LogP contribution in [0.2, 0.25) is 19.6 Å². The van der Waals surface area contributed by atoms with E-state index in [0.29, 0.717) is 53.3 Å². The fourth-order valence-corrected chi connectivity index (χ4v) is 12.7. The Hall–Kier alpha value is -1.46. The van der Waals surface area contributed by atoms with Crippen molar-refractivity contribution >= 4 is 20.1 Å². The zero-order valence-corrected chi connectivity index (χ0v) is 30.4. The van der Waals surface area contributed by atoms with E-state index in [1.165, 1.54) is 39.2 Å². The van der Waals surface area contributed by atoms with Gasteiger partial charge in [0.15, 0.2) is 14.1 Å². The Morgan fingerprint density at radius 3 is 2.27 bits per heavy atom. The van der Waals surface area contributed by atoms with E-state index in [4.69, 9.17) is 9.16 Å². The van der Waals surface area contributed by atoms with Gasteiger partial charge in [0, 0.05) is 17.6 Å². The van der Waals surface area contributed by atoms with Gasteiger partial charge in [-0.2, -0.15) is 0 Å². The van der Waals surface area contributed by atoms with Crippen molar-refractivity contribution in [3.63, 3.8) is 0 Å². The third-order valence-electron chi connectivity index (χ3n) is 13.6. The molecule has 5 rings (SSSR count). The van der Waals surface area contributed by atoms with Crippen molar-refractivity contribution in [3.8, 4) is 0 Å². The lowest BCUT2D eigenvalue weighted by Crippen LogP contribution is -2.62. The maximum atomic E-state index is 14.3. The maximum Gasteiger partial charge on any atom is 0.308 e. The minimum atomic E-state index is -1.76. The number of esters is 1. The number of ketones is 1. The summed E-state index contributed by atoms with van der Waals surface area (Å²) < 4.78 is 12.4. The highest BCUT2D eigenvalue weighted by Crippen LogP contribution is 2.70. The number of hydrogen-bond donors (Lipinski definition) is 0. The van der Waals surface area contributed by atoms with E-state index < -0.39 is 8.32 Å². The Labute approximate surface area is 270 Å². The highest BCUT2D eigenvalue weighted by molar-refractivity contribution is 6.69. The Balaban J connectivity index is 1.44. The molecule has 0 aliphatic heterocycles. The molecule has 0 bridgehead atoms. The molecule has 44 heavy (non-hydrogen) atoms. The smallest absolute Gasteiger partial charge is 0.308 e. The van der Waals surface area contributed by atoms with Crippen LogP contribution in [0, 0.1) is 64.1 Å². The monoisotopic (exact) mass is 622 g/mol. The van der Waals surface area contributed by atoms with Gasteiger partial charge in [0.05, 0.1) is 13.0 Å². The fourth-order valence-electron chi connectivity index (χ4n) is 11.6. The molecule has 0 heterocycles. The van der Waals surface area contributed by atoms with Crippen molar-refractivity contribution in [1.82, 2.24) is 0 Å². The molecule has 4 nitrogen and oxygen atoms in total. The second kappa shape index (κ2) is 13.0. The zero-order chi connectivity index (χ0) is 32.0. The lowest BCUT2D eigenvalue weighted by molar-refractivity contribution is -0.172. The number of carbonyl (C=O) groups excluding carboxylic acids is 2. The van der Waals surface area contributed by atoms with Crippen molar-refractivity contribution < 1.29 is 18.8 Å². The number of fused-ring (bicyclic) bond motifs is 5. The normalized spacial score (nSPS) is 38.3.